The van der Waals surface area contributed by atoms with Crippen molar-refractivity contribution in [2.75, 3.05) is 21.5 Å². The molecule has 0 radical (unpaired) electrons. The molecular formula is C16H18N8. The number of nitrogens with zero attached hydrogens (tertiary/aromatic N) is 2. The first-order chi connectivity index (χ1) is 11.8. The lowest BCUT2D eigenvalue weighted by atomic mass is 10.3. The van der Waals surface area contributed by atoms with Gasteiger partial charge in [0.05, 0.1) is 0 Å². The highest BCUT2D eigenvalue weighted by Gasteiger charge is 2.14. The normalized spacial score (nSPS) is 10.1. The van der Waals surface area contributed by atoms with Crippen LogP contribution in [0.25, 0.3) is 0 Å². The van der Waals surface area contributed by atoms with Crippen molar-refractivity contribution in [1.29, 1.82) is 0 Å². The molecule has 0 aliphatic heterocycles. The maximum absolute atomic E-state index is 5.61. The van der Waals surface area contributed by atoms with Crippen LogP contribution < -0.4 is 33.2 Å². The van der Waals surface area contributed by atoms with Crippen LogP contribution in [0.4, 0.5) is 34.6 Å². The summed E-state index contributed by atoms with van der Waals surface area (Å²) in [7, 11) is 0. The Morgan fingerprint density at radius 3 is 1.54 bits per heavy atom. The van der Waals surface area contributed by atoms with E-state index >= 15 is 0 Å². The highest BCUT2D eigenvalue weighted by Crippen LogP contribution is 2.31. The highest BCUT2D eigenvalue weighted by atomic mass is 15.3. The lowest BCUT2D eigenvalue weighted by Gasteiger charge is -2.16. The van der Waals surface area contributed by atoms with Crippen molar-refractivity contribution in [2.45, 2.75) is 0 Å². The molecule has 0 saturated heterocycles. The number of rotatable bonds is 6. The first-order valence-corrected chi connectivity index (χ1v) is 7.29. The summed E-state index contributed by atoms with van der Waals surface area (Å²) in [6, 6.07) is 19.2. The van der Waals surface area contributed by atoms with Crippen molar-refractivity contribution in [2.24, 2.45) is 11.7 Å². The van der Waals surface area contributed by atoms with Crippen molar-refractivity contribution in [3.63, 3.8) is 0 Å². The molecule has 8 N–H and O–H groups in total. The predicted molar refractivity (Wildman–Crippen MR) is 97.1 cm³/mol. The van der Waals surface area contributed by atoms with E-state index in [0.717, 1.165) is 11.4 Å². The molecule has 122 valence electrons. The molecule has 0 atom stereocenters. The molecule has 0 fully saturated rings. The van der Waals surface area contributed by atoms with Gasteiger partial charge in [0.25, 0.3) is 0 Å². The largest absolute Gasteiger partial charge is 0.349 e. The smallest absolute Gasteiger partial charge is 0.231 e. The lowest BCUT2D eigenvalue weighted by molar-refractivity contribution is 1.12. The minimum Gasteiger partial charge on any atom is -0.349 e. The van der Waals surface area contributed by atoms with E-state index in [1.54, 1.807) is 0 Å². The van der Waals surface area contributed by atoms with Crippen LogP contribution in [-0.2, 0) is 0 Å². The molecule has 0 spiro atoms. The van der Waals surface area contributed by atoms with Crippen LogP contribution in [0, 0.1) is 0 Å². The van der Waals surface area contributed by atoms with Gasteiger partial charge in [-0.3, -0.25) is 0 Å². The molecule has 0 bridgehead atoms. The molecule has 0 amide bonds. The van der Waals surface area contributed by atoms with Crippen LogP contribution in [0.1, 0.15) is 0 Å². The molecule has 3 rings (SSSR count). The summed E-state index contributed by atoms with van der Waals surface area (Å²) >= 11 is 0. The topological polar surface area (TPSA) is 126 Å². The fourth-order valence-electron chi connectivity index (χ4n) is 2.16. The van der Waals surface area contributed by atoms with Gasteiger partial charge in [0.1, 0.15) is 5.69 Å². The van der Waals surface area contributed by atoms with E-state index in [1.165, 1.54) is 0 Å². The number of anilines is 6. The summed E-state index contributed by atoms with van der Waals surface area (Å²) in [6.45, 7) is 0. The van der Waals surface area contributed by atoms with E-state index in [2.05, 4.69) is 31.5 Å². The summed E-state index contributed by atoms with van der Waals surface area (Å²) in [4.78, 5) is 8.75. The zero-order valence-electron chi connectivity index (χ0n) is 12.8. The van der Waals surface area contributed by atoms with Gasteiger partial charge >= 0.3 is 0 Å². The molecule has 24 heavy (non-hydrogen) atoms. The van der Waals surface area contributed by atoms with Gasteiger partial charge in [-0.1, -0.05) is 36.4 Å². The van der Waals surface area contributed by atoms with Gasteiger partial charge in [0.15, 0.2) is 11.6 Å². The minimum absolute atomic E-state index is 0.362. The number of nitrogens with one attached hydrogen (secondary N) is 4. The Morgan fingerprint density at radius 1 is 0.625 bits per heavy atom. The quantitative estimate of drug-likeness (QED) is 0.302. The SMILES string of the molecule is NNc1nc(Nc2ccccc2)nc(NN)c1Nc1ccccc1. The van der Waals surface area contributed by atoms with E-state index in [-0.39, 0.29) is 0 Å². The molecule has 1 aromatic heterocycles. The van der Waals surface area contributed by atoms with Gasteiger partial charge in [-0.25, -0.2) is 11.7 Å². The zero-order valence-corrected chi connectivity index (χ0v) is 12.8. The van der Waals surface area contributed by atoms with Crippen LogP contribution in [-0.4, -0.2) is 9.97 Å². The van der Waals surface area contributed by atoms with Crippen LogP contribution in [0.2, 0.25) is 0 Å². The van der Waals surface area contributed by atoms with Gasteiger partial charge in [-0.05, 0) is 24.3 Å². The van der Waals surface area contributed by atoms with Gasteiger partial charge in [0, 0.05) is 11.4 Å². The summed E-state index contributed by atoms with van der Waals surface area (Å²) in [5.41, 5.74) is 7.39. The number of hydrogen-bond donors (Lipinski definition) is 6. The fourth-order valence-corrected chi connectivity index (χ4v) is 2.16. The molecule has 8 heteroatoms. The molecule has 0 saturated carbocycles. The average molecular weight is 322 g/mol. The average Bonchev–Trinajstić information content (AvgIpc) is 2.64. The molecule has 8 nitrogen and oxygen atoms in total. The molecular weight excluding hydrogens is 304 g/mol. The Hall–Kier alpha value is -3.36. The van der Waals surface area contributed by atoms with E-state index in [9.17, 15) is 0 Å². The van der Waals surface area contributed by atoms with Gasteiger partial charge in [-0.2, -0.15) is 9.97 Å². The van der Waals surface area contributed by atoms with Crippen LogP contribution in [0.15, 0.2) is 60.7 Å². The highest BCUT2D eigenvalue weighted by molar-refractivity contribution is 5.82. The van der Waals surface area contributed by atoms with Crippen LogP contribution in [0.3, 0.4) is 0 Å². The lowest BCUT2D eigenvalue weighted by Crippen LogP contribution is -2.17. The number of nitrogen functional groups attached to an aromatic ring is 2. The third kappa shape index (κ3) is 3.51. The number of nitrogens with two attached hydrogens (primary N) is 2. The number of benzene rings is 2. The third-order valence-corrected chi connectivity index (χ3v) is 3.26. The standard InChI is InChI=1S/C16H18N8/c17-23-14-13(19-11-7-3-1-4-8-11)15(24-18)22-16(21-14)20-12-9-5-2-6-10-12/h1-10,19H,17-18H2,(H3,20,21,22,23,24). The zero-order chi connectivity index (χ0) is 16.8. The molecule has 1 heterocycles. The maximum Gasteiger partial charge on any atom is 0.231 e. The van der Waals surface area contributed by atoms with Gasteiger partial charge in [0.2, 0.25) is 5.95 Å². The Bertz CT molecular complexity index is 767. The molecule has 0 aliphatic rings. The van der Waals surface area contributed by atoms with E-state index < -0.39 is 0 Å². The number of aromatic nitrogens is 2. The van der Waals surface area contributed by atoms with Crippen molar-refractivity contribution < 1.29 is 0 Å². The first-order valence-electron chi connectivity index (χ1n) is 7.29. The Kier molecular flexibility index (Phi) is 4.70. The number of hydrogen-bond acceptors (Lipinski definition) is 8. The Balaban J connectivity index is 1.94. The van der Waals surface area contributed by atoms with Crippen molar-refractivity contribution in [1.82, 2.24) is 9.97 Å². The van der Waals surface area contributed by atoms with E-state index in [0.29, 0.717) is 23.3 Å². The summed E-state index contributed by atoms with van der Waals surface area (Å²) in [5, 5.41) is 6.30. The van der Waals surface area contributed by atoms with Gasteiger partial charge < -0.3 is 21.5 Å². The number of hydrazine groups is 2. The Labute approximate surface area is 139 Å². The van der Waals surface area contributed by atoms with Crippen LogP contribution >= 0.6 is 0 Å². The second-order valence-electron chi connectivity index (χ2n) is 4.89. The fraction of sp³-hybridized carbons (Fsp3) is 0. The Morgan fingerprint density at radius 2 is 1.08 bits per heavy atom. The van der Waals surface area contributed by atoms with Crippen molar-refractivity contribution in [3.05, 3.63) is 60.7 Å². The monoisotopic (exact) mass is 322 g/mol. The summed E-state index contributed by atoms with van der Waals surface area (Å²) in [5.74, 6) is 12.4. The van der Waals surface area contributed by atoms with Crippen LogP contribution in [0.5, 0.6) is 0 Å². The predicted octanol–water partition coefficient (Wildman–Crippen LogP) is 2.54. The molecule has 3 aromatic rings. The number of para-hydroxylation sites is 2. The second-order valence-corrected chi connectivity index (χ2v) is 4.89. The maximum atomic E-state index is 5.61. The van der Waals surface area contributed by atoms with Crippen molar-refractivity contribution >= 4 is 34.6 Å². The van der Waals surface area contributed by atoms with E-state index in [4.69, 9.17) is 11.7 Å². The summed E-state index contributed by atoms with van der Waals surface area (Å²) in [6.07, 6.45) is 0. The molecule has 0 unspecified atom stereocenters. The van der Waals surface area contributed by atoms with Gasteiger partial charge in [-0.15, -0.1) is 0 Å². The first kappa shape index (κ1) is 15.5. The molecule has 0 aliphatic carbocycles. The minimum atomic E-state index is 0.362. The second kappa shape index (κ2) is 7.27. The summed E-state index contributed by atoms with van der Waals surface area (Å²) < 4.78 is 0. The third-order valence-electron chi connectivity index (χ3n) is 3.26. The molecule has 2 aromatic carbocycles. The van der Waals surface area contributed by atoms with Crippen molar-refractivity contribution in [3.8, 4) is 0 Å². The van der Waals surface area contributed by atoms with E-state index in [1.807, 2.05) is 60.7 Å².